The SMILES string of the molecule is O=C(O)c1ccc2c(c1)C(=O)N(OS(=O)(=O)c1ccc(Oc3ccc(S(=O)(=O)ON4C(=O)c5ccc(C(=O)O)cc5C4=O)cc3)cc1)C2=O. The molecule has 0 bridgehead atoms. The Balaban J connectivity index is 1.11. The maximum Gasteiger partial charge on any atom is 0.335 e. The quantitative estimate of drug-likeness (QED) is 0.225. The fourth-order valence-corrected chi connectivity index (χ4v) is 6.38. The molecular formula is C30H16N2O15S2. The van der Waals surface area contributed by atoms with Crippen molar-refractivity contribution in [2.75, 3.05) is 0 Å². The predicted molar refractivity (Wildman–Crippen MR) is 157 cm³/mol. The van der Waals surface area contributed by atoms with Crippen molar-refractivity contribution in [3.8, 4) is 11.5 Å². The zero-order chi connectivity index (χ0) is 35.4. The molecular weight excluding hydrogens is 692 g/mol. The van der Waals surface area contributed by atoms with Crippen LogP contribution in [0.5, 0.6) is 11.5 Å². The first-order chi connectivity index (χ1) is 23.1. The van der Waals surface area contributed by atoms with E-state index in [1.807, 2.05) is 0 Å². The molecule has 2 aliphatic heterocycles. The molecule has 0 fully saturated rings. The van der Waals surface area contributed by atoms with Gasteiger partial charge in [-0.05, 0) is 84.9 Å². The number of aromatic carboxylic acids is 2. The van der Waals surface area contributed by atoms with Gasteiger partial charge in [-0.2, -0.15) is 16.8 Å². The maximum atomic E-state index is 12.8. The summed E-state index contributed by atoms with van der Waals surface area (Å²) in [5.74, 6) is -7.22. The van der Waals surface area contributed by atoms with E-state index in [0.717, 1.165) is 60.7 Å². The molecule has 0 aliphatic carbocycles. The fourth-order valence-electron chi connectivity index (χ4n) is 4.61. The predicted octanol–water partition coefficient (Wildman–Crippen LogP) is 2.71. The number of imide groups is 2. The van der Waals surface area contributed by atoms with E-state index in [1.54, 1.807) is 0 Å². The minimum atomic E-state index is -4.75. The Morgan fingerprint density at radius 2 is 0.816 bits per heavy atom. The van der Waals surface area contributed by atoms with Crippen molar-refractivity contribution in [3.63, 3.8) is 0 Å². The number of fused-ring (bicyclic) bond motifs is 2. The molecule has 0 atom stereocenters. The number of rotatable bonds is 10. The Morgan fingerprint density at radius 3 is 1.14 bits per heavy atom. The summed E-state index contributed by atoms with van der Waals surface area (Å²) in [5, 5.41) is 18.2. The first kappa shape index (κ1) is 32.7. The smallest absolute Gasteiger partial charge is 0.335 e. The molecule has 2 aliphatic rings. The Labute approximate surface area is 274 Å². The van der Waals surface area contributed by atoms with Gasteiger partial charge >= 0.3 is 32.2 Å². The Hall–Kier alpha value is -6.28. The van der Waals surface area contributed by atoms with Gasteiger partial charge < -0.3 is 14.9 Å². The van der Waals surface area contributed by atoms with E-state index in [0.29, 0.717) is 0 Å². The van der Waals surface area contributed by atoms with Crippen LogP contribution in [0.1, 0.15) is 62.1 Å². The van der Waals surface area contributed by atoms with Gasteiger partial charge in [-0.15, -0.1) is 18.7 Å². The normalized spacial score (nSPS) is 14.2. The summed E-state index contributed by atoms with van der Waals surface area (Å²) in [6, 6.07) is 14.9. The van der Waals surface area contributed by atoms with Gasteiger partial charge in [0, 0.05) is 0 Å². The number of carboxylic acid groups (broad SMARTS) is 2. The van der Waals surface area contributed by atoms with Gasteiger partial charge in [0.2, 0.25) is 0 Å². The van der Waals surface area contributed by atoms with Crippen molar-refractivity contribution in [2.45, 2.75) is 9.79 Å². The Bertz CT molecular complexity index is 2200. The number of amides is 4. The molecule has 2 heterocycles. The van der Waals surface area contributed by atoms with Crippen LogP contribution in [0.2, 0.25) is 0 Å². The van der Waals surface area contributed by atoms with Gasteiger partial charge in [0.1, 0.15) is 11.5 Å². The molecule has 6 rings (SSSR count). The number of hydrogen-bond donors (Lipinski definition) is 2. The second-order valence-electron chi connectivity index (χ2n) is 10.0. The topological polar surface area (TPSA) is 245 Å². The van der Waals surface area contributed by atoms with Crippen molar-refractivity contribution < 1.29 is 69.1 Å². The highest BCUT2D eigenvalue weighted by atomic mass is 32.2. The summed E-state index contributed by atoms with van der Waals surface area (Å²) in [6.07, 6.45) is 0. The van der Waals surface area contributed by atoms with Crippen molar-refractivity contribution in [1.29, 1.82) is 0 Å². The van der Waals surface area contributed by atoms with Crippen LogP contribution in [0.4, 0.5) is 0 Å². The molecule has 49 heavy (non-hydrogen) atoms. The number of carboxylic acids is 2. The number of ether oxygens (including phenoxy) is 1. The number of hydrogen-bond acceptors (Lipinski definition) is 13. The van der Waals surface area contributed by atoms with Gasteiger partial charge in [0.15, 0.2) is 0 Å². The van der Waals surface area contributed by atoms with Crippen LogP contribution in [-0.4, -0.2) is 72.7 Å². The molecule has 0 radical (unpaired) electrons. The molecule has 0 unspecified atom stereocenters. The van der Waals surface area contributed by atoms with E-state index in [2.05, 4.69) is 0 Å². The molecule has 248 valence electrons. The zero-order valence-electron chi connectivity index (χ0n) is 24.0. The van der Waals surface area contributed by atoms with Crippen LogP contribution in [-0.2, 0) is 28.8 Å². The van der Waals surface area contributed by atoms with Crippen LogP contribution < -0.4 is 4.74 Å². The van der Waals surface area contributed by atoms with Crippen molar-refractivity contribution in [2.24, 2.45) is 0 Å². The second-order valence-corrected chi connectivity index (χ2v) is 13.1. The van der Waals surface area contributed by atoms with Gasteiger partial charge in [0.25, 0.3) is 23.6 Å². The lowest BCUT2D eigenvalue weighted by Gasteiger charge is -2.14. The highest BCUT2D eigenvalue weighted by molar-refractivity contribution is 7.87. The van der Waals surface area contributed by atoms with Gasteiger partial charge in [-0.3, -0.25) is 19.2 Å². The average molecular weight is 709 g/mol. The summed E-state index contributed by atoms with van der Waals surface area (Å²) in [6.45, 7) is 0. The number of carbonyl (C=O) groups is 6. The third-order valence-corrected chi connectivity index (χ3v) is 9.39. The first-order valence-corrected chi connectivity index (χ1v) is 16.2. The highest BCUT2D eigenvalue weighted by Gasteiger charge is 2.42. The maximum absolute atomic E-state index is 12.8. The highest BCUT2D eigenvalue weighted by Crippen LogP contribution is 2.30. The molecule has 4 aromatic rings. The van der Waals surface area contributed by atoms with E-state index >= 15 is 0 Å². The lowest BCUT2D eigenvalue weighted by atomic mass is 10.1. The van der Waals surface area contributed by atoms with Crippen molar-refractivity contribution in [1.82, 2.24) is 10.1 Å². The van der Waals surface area contributed by atoms with Crippen molar-refractivity contribution in [3.05, 3.63) is 118 Å². The lowest BCUT2D eigenvalue weighted by molar-refractivity contribution is -0.0107. The van der Waals surface area contributed by atoms with Crippen molar-refractivity contribution >= 4 is 55.8 Å². The van der Waals surface area contributed by atoms with Crippen LogP contribution >= 0.6 is 0 Å². The van der Waals surface area contributed by atoms with E-state index in [-0.39, 0.29) is 55.0 Å². The standard InChI is InChI=1S/C30H16N2O15S2/c33-25-21-11-1-15(29(37)38)13-23(21)27(35)31(25)46-48(41,42)19-7-3-17(4-8-19)45-18-5-9-20(10-6-18)49(43,44)47-32-26(34)22-12-2-16(30(39)40)14-24(22)28(32)36/h1-14H,(H,37,38)(H,39,40). The molecule has 2 N–H and O–H groups in total. The third-order valence-electron chi connectivity index (χ3n) is 7.00. The number of hydroxylamine groups is 4. The van der Waals surface area contributed by atoms with E-state index in [4.69, 9.17) is 23.5 Å². The summed E-state index contributed by atoms with van der Waals surface area (Å²) >= 11 is 0. The third kappa shape index (κ3) is 5.89. The molecule has 19 heteroatoms. The minimum Gasteiger partial charge on any atom is -0.478 e. The first-order valence-electron chi connectivity index (χ1n) is 13.4. The van der Waals surface area contributed by atoms with Crippen LogP contribution in [0.25, 0.3) is 0 Å². The van der Waals surface area contributed by atoms with Gasteiger partial charge in [0.05, 0.1) is 43.2 Å². The summed E-state index contributed by atoms with van der Waals surface area (Å²) in [7, 11) is -9.51. The monoisotopic (exact) mass is 708 g/mol. The lowest BCUT2D eigenvalue weighted by Crippen LogP contribution is -2.32. The van der Waals surface area contributed by atoms with Gasteiger partial charge in [-0.1, -0.05) is 0 Å². The molecule has 0 saturated carbocycles. The molecule has 4 amide bonds. The van der Waals surface area contributed by atoms with Crippen LogP contribution in [0, 0.1) is 0 Å². The summed E-state index contributed by atoms with van der Waals surface area (Å²) < 4.78 is 66.5. The second kappa shape index (κ2) is 11.8. The Morgan fingerprint density at radius 1 is 0.490 bits per heavy atom. The summed E-state index contributed by atoms with van der Waals surface area (Å²) in [4.78, 5) is 71.9. The Kier molecular flexibility index (Phi) is 7.83. The molecule has 4 aromatic carbocycles. The molecule has 0 saturated heterocycles. The average Bonchev–Trinajstić information content (AvgIpc) is 3.44. The summed E-state index contributed by atoms with van der Waals surface area (Å²) in [5.41, 5.74) is -1.81. The van der Waals surface area contributed by atoms with E-state index in [1.165, 1.54) is 24.3 Å². The van der Waals surface area contributed by atoms with Crippen LogP contribution in [0.15, 0.2) is 94.7 Å². The van der Waals surface area contributed by atoms with Gasteiger partial charge in [-0.25, -0.2) is 9.59 Å². The molecule has 17 nitrogen and oxygen atoms in total. The zero-order valence-corrected chi connectivity index (χ0v) is 25.6. The number of carbonyl (C=O) groups excluding carboxylic acids is 4. The number of benzene rings is 4. The van der Waals surface area contributed by atoms with E-state index in [9.17, 15) is 45.6 Å². The fraction of sp³-hybridized carbons (Fsp3) is 0. The molecule has 0 aromatic heterocycles. The largest absolute Gasteiger partial charge is 0.478 e. The van der Waals surface area contributed by atoms with E-state index < -0.39 is 65.6 Å². The number of nitrogens with zero attached hydrogens (tertiary/aromatic N) is 2. The minimum absolute atomic E-state index is 0.00106. The van der Waals surface area contributed by atoms with Crippen LogP contribution in [0.3, 0.4) is 0 Å². The molecule has 0 spiro atoms.